The molecule has 1 aliphatic heterocycles. The van der Waals surface area contributed by atoms with Crippen LogP contribution in [0.5, 0.6) is 0 Å². The lowest BCUT2D eigenvalue weighted by molar-refractivity contribution is -0.145. The van der Waals surface area contributed by atoms with Gasteiger partial charge in [0.25, 0.3) is 10.0 Å². The molecule has 0 N–H and O–H groups in total. The van der Waals surface area contributed by atoms with Crippen LogP contribution in [0, 0.1) is 5.82 Å². The summed E-state index contributed by atoms with van der Waals surface area (Å²) in [6, 6.07) is 7.22. The van der Waals surface area contributed by atoms with Gasteiger partial charge in [-0.15, -0.1) is 0 Å². The number of sulfonamides is 1. The number of aromatic nitrogens is 3. The molecule has 1 unspecified atom stereocenters. The number of nitrogens with zero attached hydrogens (tertiary/aromatic N) is 4. The third-order valence-corrected chi connectivity index (χ3v) is 7.81. The van der Waals surface area contributed by atoms with Gasteiger partial charge in [0.1, 0.15) is 11.4 Å². The van der Waals surface area contributed by atoms with Crippen molar-refractivity contribution < 1.29 is 35.2 Å². The van der Waals surface area contributed by atoms with E-state index in [2.05, 4.69) is 15.0 Å². The fraction of sp³-hybridized carbons (Fsp3) is 0.250. The van der Waals surface area contributed by atoms with Crippen molar-refractivity contribution in [3.8, 4) is 11.1 Å². The average Bonchev–Trinajstić information content (AvgIpc) is 3.26. The lowest BCUT2D eigenvalue weighted by atomic mass is 9.98. The number of pyridine rings is 1. The van der Waals surface area contributed by atoms with Crippen LogP contribution < -0.4 is 0 Å². The molecular weight excluding hydrogens is 516 g/mol. The first-order valence-electron chi connectivity index (χ1n) is 11.1. The summed E-state index contributed by atoms with van der Waals surface area (Å²) in [7, 11) is -4.10. The number of furan rings is 1. The first kappa shape index (κ1) is 25.0. The van der Waals surface area contributed by atoms with Crippen molar-refractivity contribution in [2.24, 2.45) is 0 Å². The monoisotopic (exact) mass is 534 g/mol. The van der Waals surface area contributed by atoms with E-state index in [1.54, 1.807) is 12.1 Å². The van der Waals surface area contributed by atoms with Gasteiger partial charge in [-0.2, -0.15) is 17.5 Å². The zero-order valence-corrected chi connectivity index (χ0v) is 19.8. The molecule has 1 atom stereocenters. The summed E-state index contributed by atoms with van der Waals surface area (Å²) in [5, 5.41) is -0.0647. The number of carbonyl (C=O) groups excluding carboxylic acids is 1. The highest BCUT2D eigenvalue weighted by Gasteiger charge is 2.43. The zero-order chi connectivity index (χ0) is 26.4. The van der Waals surface area contributed by atoms with Crippen molar-refractivity contribution in [2.75, 3.05) is 6.54 Å². The van der Waals surface area contributed by atoms with Crippen LogP contribution in [-0.2, 0) is 27.4 Å². The standard InChI is InChI=1S/C24H18F4N4O4S/c25-17-1-4-21-15(9-17)11-22(36-21)37(34,35)32-8-6-19(32)20(33)3-2-18-10-14(5-7-29-18)16-12-30-23(31-13-16)24(26,27)28/h1,4-5,7,9-13,19H,2-3,6,8H2. The Bertz CT molecular complexity index is 1590. The van der Waals surface area contributed by atoms with Gasteiger partial charge in [0.15, 0.2) is 5.78 Å². The second kappa shape index (κ2) is 9.30. The van der Waals surface area contributed by atoms with Crippen LogP contribution in [0.4, 0.5) is 17.6 Å². The Labute approximate surface area is 208 Å². The minimum Gasteiger partial charge on any atom is -0.443 e. The van der Waals surface area contributed by atoms with Crippen molar-refractivity contribution >= 4 is 26.8 Å². The average molecular weight is 534 g/mol. The Morgan fingerprint density at radius 2 is 1.81 bits per heavy atom. The number of ketones is 1. The minimum absolute atomic E-state index is 0.00198. The maximum atomic E-state index is 13.5. The second-order valence-electron chi connectivity index (χ2n) is 8.46. The number of hydrogen-bond acceptors (Lipinski definition) is 7. The fourth-order valence-electron chi connectivity index (χ4n) is 4.04. The summed E-state index contributed by atoms with van der Waals surface area (Å²) in [4.78, 5) is 23.7. The first-order chi connectivity index (χ1) is 17.5. The third kappa shape index (κ3) is 4.96. The van der Waals surface area contributed by atoms with Crippen LogP contribution in [0.2, 0.25) is 0 Å². The highest BCUT2D eigenvalue weighted by molar-refractivity contribution is 7.89. The number of hydrogen-bond donors (Lipinski definition) is 0. The predicted molar refractivity (Wildman–Crippen MR) is 122 cm³/mol. The molecule has 1 aliphatic rings. The predicted octanol–water partition coefficient (Wildman–Crippen LogP) is 4.41. The number of aryl methyl sites for hydroxylation is 1. The molecule has 1 aromatic carbocycles. The van der Waals surface area contributed by atoms with Gasteiger partial charge in [-0.1, -0.05) is 0 Å². The van der Waals surface area contributed by atoms with Gasteiger partial charge in [-0.25, -0.2) is 22.8 Å². The van der Waals surface area contributed by atoms with Gasteiger partial charge in [-0.05, 0) is 48.7 Å². The van der Waals surface area contributed by atoms with Crippen molar-refractivity contribution in [1.29, 1.82) is 0 Å². The van der Waals surface area contributed by atoms with E-state index in [1.165, 1.54) is 18.3 Å². The topological polar surface area (TPSA) is 106 Å². The van der Waals surface area contributed by atoms with E-state index >= 15 is 0 Å². The van der Waals surface area contributed by atoms with E-state index in [1.807, 2.05) is 0 Å². The highest BCUT2D eigenvalue weighted by atomic mass is 32.2. The molecule has 4 aromatic rings. The largest absolute Gasteiger partial charge is 0.451 e. The molecule has 0 radical (unpaired) electrons. The van der Waals surface area contributed by atoms with E-state index < -0.39 is 33.9 Å². The number of rotatable bonds is 7. The first-order valence-corrected chi connectivity index (χ1v) is 12.5. The Morgan fingerprint density at radius 3 is 2.49 bits per heavy atom. The fourth-order valence-corrected chi connectivity index (χ4v) is 5.65. The molecule has 8 nitrogen and oxygen atoms in total. The molecule has 0 amide bonds. The van der Waals surface area contributed by atoms with Crippen LogP contribution >= 0.6 is 0 Å². The second-order valence-corrected chi connectivity index (χ2v) is 10.3. The van der Waals surface area contributed by atoms with Crippen molar-refractivity contribution in [3.05, 3.63) is 72.3 Å². The van der Waals surface area contributed by atoms with Crippen molar-refractivity contribution in [1.82, 2.24) is 19.3 Å². The number of fused-ring (bicyclic) bond motifs is 1. The molecule has 3 aromatic heterocycles. The number of halogens is 4. The van der Waals surface area contributed by atoms with Gasteiger partial charge in [0.05, 0.1) is 6.04 Å². The highest BCUT2D eigenvalue weighted by Crippen LogP contribution is 2.32. The number of alkyl halides is 3. The molecule has 0 bridgehead atoms. The molecule has 5 rings (SSSR count). The molecular formula is C24H18F4N4O4S. The van der Waals surface area contributed by atoms with Gasteiger partial charge < -0.3 is 4.42 Å². The van der Waals surface area contributed by atoms with E-state index in [4.69, 9.17) is 4.42 Å². The number of benzene rings is 1. The Kier molecular flexibility index (Phi) is 6.28. The van der Waals surface area contributed by atoms with Crippen LogP contribution in [0.3, 0.4) is 0 Å². The van der Waals surface area contributed by atoms with Crippen LogP contribution in [-0.4, -0.2) is 46.0 Å². The molecule has 13 heteroatoms. The SMILES string of the molecule is O=C(CCc1cc(-c2cnc(C(F)(F)F)nc2)ccn1)C1CCN1S(=O)(=O)c1cc2cc(F)ccc2o1. The summed E-state index contributed by atoms with van der Waals surface area (Å²) in [6.07, 6.45) is -0.522. The smallest absolute Gasteiger partial charge is 0.443 e. The summed E-state index contributed by atoms with van der Waals surface area (Å²) in [6.45, 7) is 0.145. The summed E-state index contributed by atoms with van der Waals surface area (Å²) in [5.41, 5.74) is 1.59. The molecule has 192 valence electrons. The molecule has 37 heavy (non-hydrogen) atoms. The lowest BCUT2D eigenvalue weighted by Crippen LogP contribution is -2.54. The Balaban J connectivity index is 1.25. The van der Waals surface area contributed by atoms with Gasteiger partial charge in [-0.3, -0.25) is 9.78 Å². The van der Waals surface area contributed by atoms with Crippen molar-refractivity contribution in [2.45, 2.75) is 36.6 Å². The molecule has 1 fully saturated rings. The Morgan fingerprint density at radius 1 is 1.05 bits per heavy atom. The molecule has 1 saturated heterocycles. The number of carbonyl (C=O) groups is 1. The van der Waals surface area contributed by atoms with E-state index in [0.717, 1.165) is 28.8 Å². The van der Waals surface area contributed by atoms with Gasteiger partial charge in [0, 0.05) is 54.3 Å². The van der Waals surface area contributed by atoms with Gasteiger partial charge in [0.2, 0.25) is 10.9 Å². The maximum Gasteiger partial charge on any atom is 0.451 e. The molecule has 0 aliphatic carbocycles. The number of Topliss-reactive ketones (excluding diaryl/α,β-unsaturated/α-hetero) is 1. The normalized spacial score (nSPS) is 16.6. The lowest BCUT2D eigenvalue weighted by Gasteiger charge is -2.37. The summed E-state index contributed by atoms with van der Waals surface area (Å²) in [5.74, 6) is -2.08. The zero-order valence-electron chi connectivity index (χ0n) is 18.9. The molecule has 4 heterocycles. The summed E-state index contributed by atoms with van der Waals surface area (Å²) < 4.78 is 84.1. The van der Waals surface area contributed by atoms with E-state index in [0.29, 0.717) is 28.6 Å². The van der Waals surface area contributed by atoms with E-state index in [-0.39, 0.29) is 35.8 Å². The molecule has 0 saturated carbocycles. The van der Waals surface area contributed by atoms with Crippen molar-refractivity contribution in [3.63, 3.8) is 0 Å². The quantitative estimate of drug-likeness (QED) is 0.324. The van der Waals surface area contributed by atoms with Crippen LogP contribution in [0.1, 0.15) is 24.4 Å². The Hall–Kier alpha value is -3.71. The minimum atomic E-state index is -4.65. The van der Waals surface area contributed by atoms with Crippen LogP contribution in [0.25, 0.3) is 22.1 Å². The van der Waals surface area contributed by atoms with Crippen LogP contribution in [0.15, 0.2) is 64.5 Å². The van der Waals surface area contributed by atoms with Gasteiger partial charge >= 0.3 is 6.18 Å². The maximum absolute atomic E-state index is 13.5. The molecule has 0 spiro atoms. The third-order valence-electron chi connectivity index (χ3n) is 6.04. The summed E-state index contributed by atoms with van der Waals surface area (Å²) >= 11 is 0. The van der Waals surface area contributed by atoms with E-state index in [9.17, 15) is 30.8 Å².